The molecule has 2 aromatic carbocycles. The van der Waals surface area contributed by atoms with E-state index in [1.165, 1.54) is 17.3 Å². The number of nitrogens with one attached hydrogen (secondary N) is 1. The number of carbonyl (C=O) groups is 1. The standard InChI is InChI=1S/C21H23ClN4OS/c1-3-4-12-23-19(27)14-28-21-25-24-20(16-10-8-15(2)9-11-16)26(21)18-7-5-6-17(22)13-18/h5-11,13H,3-4,12,14H2,1-2H3,(H,23,27). The first-order chi connectivity index (χ1) is 13.6. The number of nitrogens with zero attached hydrogens (tertiary/aromatic N) is 3. The van der Waals surface area contributed by atoms with Crippen LogP contribution in [-0.4, -0.2) is 33.0 Å². The molecule has 1 heterocycles. The molecule has 0 radical (unpaired) electrons. The molecule has 0 aliphatic heterocycles. The Morgan fingerprint density at radius 2 is 1.96 bits per heavy atom. The fourth-order valence-corrected chi connectivity index (χ4v) is 3.65. The molecule has 0 saturated carbocycles. The first-order valence-electron chi connectivity index (χ1n) is 9.26. The molecule has 0 aliphatic carbocycles. The minimum Gasteiger partial charge on any atom is -0.355 e. The van der Waals surface area contributed by atoms with Crippen LogP contribution >= 0.6 is 23.4 Å². The number of amides is 1. The number of thioether (sulfide) groups is 1. The van der Waals surface area contributed by atoms with Crippen molar-refractivity contribution in [2.75, 3.05) is 12.3 Å². The Labute approximate surface area is 174 Å². The Balaban J connectivity index is 1.90. The molecule has 0 unspecified atom stereocenters. The van der Waals surface area contributed by atoms with Crippen molar-refractivity contribution in [1.82, 2.24) is 20.1 Å². The predicted octanol–water partition coefficient (Wildman–Crippen LogP) is 4.90. The highest BCUT2D eigenvalue weighted by Gasteiger charge is 2.17. The Hall–Kier alpha value is -2.31. The summed E-state index contributed by atoms with van der Waals surface area (Å²) < 4.78 is 1.94. The number of aromatic nitrogens is 3. The van der Waals surface area contributed by atoms with Crippen molar-refractivity contribution >= 4 is 29.3 Å². The second-order valence-corrected chi connectivity index (χ2v) is 7.86. The Morgan fingerprint density at radius 3 is 2.68 bits per heavy atom. The summed E-state index contributed by atoms with van der Waals surface area (Å²) in [5.74, 6) is 1.00. The van der Waals surface area contributed by atoms with Gasteiger partial charge in [-0.05, 0) is 31.5 Å². The highest BCUT2D eigenvalue weighted by molar-refractivity contribution is 7.99. The van der Waals surface area contributed by atoms with Gasteiger partial charge in [0.1, 0.15) is 0 Å². The van der Waals surface area contributed by atoms with E-state index in [1.54, 1.807) is 0 Å². The molecule has 0 bridgehead atoms. The van der Waals surface area contributed by atoms with Crippen LogP contribution in [0.2, 0.25) is 5.02 Å². The first kappa shape index (κ1) is 20.4. The van der Waals surface area contributed by atoms with E-state index >= 15 is 0 Å². The highest BCUT2D eigenvalue weighted by atomic mass is 35.5. The number of hydrogen-bond acceptors (Lipinski definition) is 4. The zero-order valence-electron chi connectivity index (χ0n) is 16.0. The van der Waals surface area contributed by atoms with Crippen LogP contribution in [0.15, 0.2) is 53.7 Å². The monoisotopic (exact) mass is 414 g/mol. The fourth-order valence-electron chi connectivity index (χ4n) is 2.69. The lowest BCUT2D eigenvalue weighted by atomic mass is 10.1. The summed E-state index contributed by atoms with van der Waals surface area (Å²) in [7, 11) is 0. The van der Waals surface area contributed by atoms with Crippen molar-refractivity contribution in [1.29, 1.82) is 0 Å². The van der Waals surface area contributed by atoms with Gasteiger partial charge in [-0.3, -0.25) is 9.36 Å². The smallest absolute Gasteiger partial charge is 0.230 e. The molecule has 0 aliphatic rings. The van der Waals surface area contributed by atoms with Gasteiger partial charge in [-0.2, -0.15) is 0 Å². The molecule has 146 valence electrons. The van der Waals surface area contributed by atoms with Crippen molar-refractivity contribution in [3.8, 4) is 17.1 Å². The van der Waals surface area contributed by atoms with Crippen molar-refractivity contribution in [2.45, 2.75) is 31.8 Å². The second-order valence-electron chi connectivity index (χ2n) is 6.48. The summed E-state index contributed by atoms with van der Waals surface area (Å²) in [5, 5.41) is 13.0. The van der Waals surface area contributed by atoms with Crippen LogP contribution in [-0.2, 0) is 4.79 Å². The Bertz CT molecular complexity index is 940. The zero-order chi connectivity index (χ0) is 19.9. The van der Waals surface area contributed by atoms with Crippen LogP contribution in [0.3, 0.4) is 0 Å². The first-order valence-corrected chi connectivity index (χ1v) is 10.6. The number of benzene rings is 2. The van der Waals surface area contributed by atoms with Crippen LogP contribution in [0, 0.1) is 6.92 Å². The minimum absolute atomic E-state index is 0.00372. The third-order valence-corrected chi connectivity index (χ3v) is 5.36. The summed E-state index contributed by atoms with van der Waals surface area (Å²) in [6.45, 7) is 4.84. The van der Waals surface area contributed by atoms with E-state index in [4.69, 9.17) is 11.6 Å². The average Bonchev–Trinajstić information content (AvgIpc) is 3.11. The SMILES string of the molecule is CCCCNC(=O)CSc1nnc(-c2ccc(C)cc2)n1-c1cccc(Cl)c1. The lowest BCUT2D eigenvalue weighted by Crippen LogP contribution is -2.26. The normalized spacial score (nSPS) is 10.8. The third kappa shape index (κ3) is 5.14. The lowest BCUT2D eigenvalue weighted by molar-refractivity contribution is -0.118. The van der Waals surface area contributed by atoms with Gasteiger partial charge in [-0.1, -0.05) is 72.6 Å². The van der Waals surface area contributed by atoms with Crippen LogP contribution in [0.5, 0.6) is 0 Å². The highest BCUT2D eigenvalue weighted by Crippen LogP contribution is 2.29. The van der Waals surface area contributed by atoms with Crippen LogP contribution in [0.4, 0.5) is 0 Å². The molecular formula is C21H23ClN4OS. The molecule has 28 heavy (non-hydrogen) atoms. The molecule has 3 aromatic rings. The van der Waals surface area contributed by atoms with E-state index < -0.39 is 0 Å². The molecule has 0 spiro atoms. The number of unbranched alkanes of at least 4 members (excludes halogenated alkanes) is 1. The largest absolute Gasteiger partial charge is 0.355 e. The molecule has 0 saturated heterocycles. The maximum absolute atomic E-state index is 12.1. The van der Waals surface area contributed by atoms with E-state index in [1.807, 2.05) is 60.0 Å². The van der Waals surface area contributed by atoms with Gasteiger partial charge >= 0.3 is 0 Å². The van der Waals surface area contributed by atoms with E-state index in [0.717, 1.165) is 29.9 Å². The van der Waals surface area contributed by atoms with Gasteiger partial charge in [-0.15, -0.1) is 10.2 Å². The average molecular weight is 415 g/mol. The quantitative estimate of drug-likeness (QED) is 0.420. The maximum Gasteiger partial charge on any atom is 0.230 e. The van der Waals surface area contributed by atoms with Gasteiger partial charge in [-0.25, -0.2) is 0 Å². The van der Waals surface area contributed by atoms with Crippen molar-refractivity contribution in [3.63, 3.8) is 0 Å². The number of hydrogen-bond donors (Lipinski definition) is 1. The van der Waals surface area contributed by atoms with E-state index in [0.29, 0.717) is 16.7 Å². The molecular weight excluding hydrogens is 392 g/mol. The van der Waals surface area contributed by atoms with Crippen molar-refractivity contribution < 1.29 is 4.79 Å². The molecule has 7 heteroatoms. The molecule has 1 amide bonds. The van der Waals surface area contributed by atoms with Gasteiger partial charge in [0.2, 0.25) is 5.91 Å². The molecule has 0 fully saturated rings. The number of aryl methyl sites for hydroxylation is 1. The number of carbonyl (C=O) groups excluding carboxylic acids is 1. The summed E-state index contributed by atoms with van der Waals surface area (Å²) >= 11 is 7.57. The molecule has 3 rings (SSSR count). The molecule has 1 aromatic heterocycles. The summed E-state index contributed by atoms with van der Waals surface area (Å²) in [5.41, 5.74) is 3.00. The molecule has 5 nitrogen and oxygen atoms in total. The summed E-state index contributed by atoms with van der Waals surface area (Å²) in [6, 6.07) is 15.7. The Morgan fingerprint density at radius 1 is 1.18 bits per heavy atom. The molecule has 1 N–H and O–H groups in total. The van der Waals surface area contributed by atoms with Gasteiger partial charge < -0.3 is 5.32 Å². The van der Waals surface area contributed by atoms with Crippen molar-refractivity contribution in [2.24, 2.45) is 0 Å². The Kier molecular flexibility index (Phi) is 7.12. The van der Waals surface area contributed by atoms with Gasteiger partial charge in [0.05, 0.1) is 11.4 Å². The molecule has 0 atom stereocenters. The van der Waals surface area contributed by atoms with E-state index in [9.17, 15) is 4.79 Å². The number of rotatable bonds is 8. The van der Waals surface area contributed by atoms with E-state index in [2.05, 4.69) is 22.4 Å². The topological polar surface area (TPSA) is 59.8 Å². The van der Waals surface area contributed by atoms with Crippen molar-refractivity contribution in [3.05, 3.63) is 59.1 Å². The maximum atomic E-state index is 12.1. The van der Waals surface area contributed by atoms with Crippen LogP contribution in [0.25, 0.3) is 17.1 Å². The lowest BCUT2D eigenvalue weighted by Gasteiger charge is -2.11. The summed E-state index contributed by atoms with van der Waals surface area (Å²) in [6.07, 6.45) is 2.03. The van der Waals surface area contributed by atoms with Gasteiger partial charge in [0.15, 0.2) is 11.0 Å². The van der Waals surface area contributed by atoms with Crippen LogP contribution in [0.1, 0.15) is 25.3 Å². The fraction of sp³-hybridized carbons (Fsp3) is 0.286. The van der Waals surface area contributed by atoms with Gasteiger partial charge in [0, 0.05) is 17.1 Å². The minimum atomic E-state index is -0.00372. The van der Waals surface area contributed by atoms with Gasteiger partial charge in [0.25, 0.3) is 0 Å². The van der Waals surface area contributed by atoms with Crippen LogP contribution < -0.4 is 5.32 Å². The zero-order valence-corrected chi connectivity index (χ0v) is 17.6. The predicted molar refractivity (Wildman–Crippen MR) is 115 cm³/mol. The second kappa shape index (κ2) is 9.75. The third-order valence-electron chi connectivity index (χ3n) is 4.19. The van der Waals surface area contributed by atoms with E-state index in [-0.39, 0.29) is 11.7 Å². The summed E-state index contributed by atoms with van der Waals surface area (Å²) in [4.78, 5) is 12.1. The number of halogens is 1.